The molecule has 0 aliphatic rings. The van der Waals surface area contributed by atoms with Gasteiger partial charge in [-0.05, 0) is 83.5 Å². The Balaban J connectivity index is 3.39. The third-order valence-corrected chi connectivity index (χ3v) is 15.9. The molecule has 3 N–H and O–H groups in total. The highest BCUT2D eigenvalue weighted by atomic mass is 16.5. The van der Waals surface area contributed by atoms with Crippen LogP contribution in [0.4, 0.5) is 0 Å². The fraction of sp³-hybridized carbons (Fsp3) is 0.886. The van der Waals surface area contributed by atoms with Gasteiger partial charge < -0.3 is 20.3 Å². The van der Waals surface area contributed by atoms with E-state index in [0.717, 1.165) is 44.9 Å². The zero-order chi connectivity index (χ0) is 55.0. The first kappa shape index (κ1) is 74.1. The van der Waals surface area contributed by atoms with Crippen molar-refractivity contribution in [2.75, 3.05) is 13.2 Å². The lowest BCUT2D eigenvalue weighted by molar-refractivity contribution is -0.143. The van der Waals surface area contributed by atoms with Crippen molar-refractivity contribution in [3.63, 3.8) is 0 Å². The molecule has 0 saturated heterocycles. The summed E-state index contributed by atoms with van der Waals surface area (Å²) in [6.07, 6.45) is 83.5. The summed E-state index contributed by atoms with van der Waals surface area (Å²) in [5.41, 5.74) is 0. The Labute approximate surface area is 474 Å². The first-order valence-electron chi connectivity index (χ1n) is 34.3. The summed E-state index contributed by atoms with van der Waals surface area (Å²) < 4.78 is 5.50. The van der Waals surface area contributed by atoms with Gasteiger partial charge in [-0.2, -0.15) is 0 Å². The van der Waals surface area contributed by atoms with Gasteiger partial charge in [-0.3, -0.25) is 9.59 Å². The predicted octanol–water partition coefficient (Wildman–Crippen LogP) is 21.9. The normalized spacial score (nSPS) is 12.7. The molecule has 0 spiro atoms. The van der Waals surface area contributed by atoms with Crippen molar-refractivity contribution in [3.05, 3.63) is 36.5 Å². The molecule has 0 saturated carbocycles. The molecule has 6 nitrogen and oxygen atoms in total. The zero-order valence-corrected chi connectivity index (χ0v) is 51.3. The minimum absolute atomic E-state index is 0.0117. The molecule has 0 bridgehead atoms. The Bertz CT molecular complexity index is 1230. The molecular weight excluding hydrogens is 935 g/mol. The number of rotatable bonds is 64. The minimum Gasteiger partial charge on any atom is -0.466 e. The van der Waals surface area contributed by atoms with Gasteiger partial charge in [0.15, 0.2) is 0 Å². The summed E-state index contributed by atoms with van der Waals surface area (Å²) in [4.78, 5) is 24.6. The molecule has 0 rings (SSSR count). The number of ether oxygens (including phenoxy) is 1. The van der Waals surface area contributed by atoms with E-state index in [-0.39, 0.29) is 18.5 Å². The summed E-state index contributed by atoms with van der Waals surface area (Å²) in [6, 6.07) is -0.628. The van der Waals surface area contributed by atoms with Gasteiger partial charge in [0.2, 0.25) is 5.91 Å². The van der Waals surface area contributed by atoms with E-state index >= 15 is 0 Å². The van der Waals surface area contributed by atoms with Crippen molar-refractivity contribution in [3.8, 4) is 0 Å². The van der Waals surface area contributed by atoms with Crippen LogP contribution in [-0.2, 0) is 14.3 Å². The van der Waals surface area contributed by atoms with Crippen LogP contribution in [0.2, 0.25) is 0 Å². The number of allylic oxidation sites excluding steroid dienone is 5. The molecule has 76 heavy (non-hydrogen) atoms. The van der Waals surface area contributed by atoms with Crippen LogP contribution >= 0.6 is 0 Å². The summed E-state index contributed by atoms with van der Waals surface area (Å²) >= 11 is 0. The third-order valence-electron chi connectivity index (χ3n) is 15.9. The van der Waals surface area contributed by atoms with Crippen LogP contribution < -0.4 is 5.32 Å². The Morgan fingerprint density at radius 3 is 0.934 bits per heavy atom. The predicted molar refractivity (Wildman–Crippen MR) is 333 cm³/mol. The number of aliphatic hydroxyl groups is 2. The largest absolute Gasteiger partial charge is 0.466 e. The molecule has 0 aromatic heterocycles. The molecule has 0 aliphatic heterocycles. The quantitative estimate of drug-likeness (QED) is 0.0320. The number of aliphatic hydroxyl groups excluding tert-OH is 2. The van der Waals surface area contributed by atoms with E-state index in [1.807, 2.05) is 6.08 Å². The van der Waals surface area contributed by atoms with Gasteiger partial charge >= 0.3 is 5.97 Å². The average Bonchev–Trinajstić information content (AvgIpc) is 3.42. The van der Waals surface area contributed by atoms with E-state index < -0.39 is 12.1 Å². The highest BCUT2D eigenvalue weighted by Gasteiger charge is 2.18. The van der Waals surface area contributed by atoms with E-state index in [1.54, 1.807) is 6.08 Å². The summed E-state index contributed by atoms with van der Waals surface area (Å²) in [7, 11) is 0. The van der Waals surface area contributed by atoms with Gasteiger partial charge in [0.1, 0.15) is 0 Å². The zero-order valence-electron chi connectivity index (χ0n) is 51.3. The Morgan fingerprint density at radius 2 is 0.618 bits per heavy atom. The maximum atomic E-state index is 12.5. The molecule has 0 aliphatic carbocycles. The van der Waals surface area contributed by atoms with E-state index in [4.69, 9.17) is 4.74 Å². The highest BCUT2D eigenvalue weighted by Crippen LogP contribution is 2.18. The minimum atomic E-state index is -0.845. The molecule has 2 unspecified atom stereocenters. The van der Waals surface area contributed by atoms with Crippen LogP contribution in [-0.4, -0.2) is 47.4 Å². The number of carbonyl (C=O) groups excluding carboxylic acids is 2. The van der Waals surface area contributed by atoms with Gasteiger partial charge in [-0.25, -0.2) is 0 Å². The summed E-state index contributed by atoms with van der Waals surface area (Å²) in [5.74, 6) is -0.0554. The van der Waals surface area contributed by atoms with Gasteiger partial charge in [0, 0.05) is 12.8 Å². The molecule has 6 heteroatoms. The first-order chi connectivity index (χ1) is 37.5. The lowest BCUT2D eigenvalue weighted by atomic mass is 10.0. The van der Waals surface area contributed by atoms with Crippen LogP contribution in [0.15, 0.2) is 36.5 Å². The fourth-order valence-corrected chi connectivity index (χ4v) is 10.6. The molecule has 0 radical (unpaired) electrons. The molecule has 2 atom stereocenters. The van der Waals surface area contributed by atoms with Crippen LogP contribution in [0.3, 0.4) is 0 Å². The molecule has 0 fully saturated rings. The standard InChI is InChI=1S/C70H133NO5/c1-3-5-7-9-11-13-15-17-19-31-36-40-44-48-52-56-60-64-70(75)76-65-61-57-53-49-45-41-37-33-30-28-26-24-22-20-21-23-25-27-29-32-35-39-43-47-51-55-59-63-69(74)71-67(66-72)68(73)62-58-54-50-46-42-38-34-18-16-14-12-10-8-6-4-2/h17,19-21,58,62,67-68,72-73H,3-16,18,22-57,59-61,63-66H2,1-2H3,(H,71,74)/b19-17-,21-20-,62-58+. The third kappa shape index (κ3) is 61.3. The highest BCUT2D eigenvalue weighted by molar-refractivity contribution is 5.76. The fourth-order valence-electron chi connectivity index (χ4n) is 10.6. The SMILES string of the molecule is CCCCCCCC/C=C\CCCCCCCCCC(=O)OCCCCCCCCCCCCCC/C=C\CCCCCCCCCCCCCC(=O)NC(CO)C(O)/C=C/CCCCCCCCCCCCCCC. The number of unbranched alkanes of at least 4 members (excludes halogenated alkanes) is 49. The van der Waals surface area contributed by atoms with Gasteiger partial charge in [-0.15, -0.1) is 0 Å². The van der Waals surface area contributed by atoms with Crippen molar-refractivity contribution in [1.29, 1.82) is 0 Å². The average molecular weight is 1070 g/mol. The molecule has 448 valence electrons. The second kappa shape index (κ2) is 65.6. The van der Waals surface area contributed by atoms with Crippen LogP contribution in [0, 0.1) is 0 Å². The molecule has 0 aromatic rings. The van der Waals surface area contributed by atoms with E-state index in [2.05, 4.69) is 43.5 Å². The monoisotopic (exact) mass is 1070 g/mol. The smallest absolute Gasteiger partial charge is 0.305 e. The van der Waals surface area contributed by atoms with Crippen molar-refractivity contribution >= 4 is 11.9 Å². The molecular formula is C70H133NO5. The number of hydrogen-bond donors (Lipinski definition) is 3. The van der Waals surface area contributed by atoms with E-state index in [9.17, 15) is 19.8 Å². The van der Waals surface area contributed by atoms with Gasteiger partial charge in [0.25, 0.3) is 0 Å². The molecule has 1 amide bonds. The number of amides is 1. The van der Waals surface area contributed by atoms with Crippen LogP contribution in [0.1, 0.15) is 373 Å². The second-order valence-electron chi connectivity index (χ2n) is 23.5. The second-order valence-corrected chi connectivity index (χ2v) is 23.5. The van der Waals surface area contributed by atoms with E-state index in [1.165, 1.54) is 302 Å². The van der Waals surface area contributed by atoms with Crippen molar-refractivity contribution < 1.29 is 24.5 Å². The number of carbonyl (C=O) groups is 2. The molecule has 0 aromatic carbocycles. The van der Waals surface area contributed by atoms with Crippen molar-refractivity contribution in [2.24, 2.45) is 0 Å². The van der Waals surface area contributed by atoms with Crippen molar-refractivity contribution in [2.45, 2.75) is 386 Å². The summed E-state index contributed by atoms with van der Waals surface area (Å²) in [6.45, 7) is 4.92. The van der Waals surface area contributed by atoms with Crippen LogP contribution in [0.5, 0.6) is 0 Å². The first-order valence-corrected chi connectivity index (χ1v) is 34.3. The lowest BCUT2D eigenvalue weighted by Gasteiger charge is -2.20. The van der Waals surface area contributed by atoms with Gasteiger partial charge in [-0.1, -0.05) is 314 Å². The number of nitrogens with one attached hydrogen (secondary N) is 1. The lowest BCUT2D eigenvalue weighted by Crippen LogP contribution is -2.45. The number of esters is 1. The van der Waals surface area contributed by atoms with Crippen molar-refractivity contribution in [1.82, 2.24) is 5.32 Å². The summed E-state index contributed by atoms with van der Waals surface area (Å²) in [5, 5.41) is 23.1. The maximum Gasteiger partial charge on any atom is 0.305 e. The Kier molecular flexibility index (Phi) is 63.9. The Morgan fingerprint density at radius 1 is 0.355 bits per heavy atom. The van der Waals surface area contributed by atoms with Gasteiger partial charge in [0.05, 0.1) is 25.4 Å². The van der Waals surface area contributed by atoms with Crippen LogP contribution in [0.25, 0.3) is 0 Å². The van der Waals surface area contributed by atoms with E-state index in [0.29, 0.717) is 19.4 Å². The maximum absolute atomic E-state index is 12.5. The number of hydrogen-bond acceptors (Lipinski definition) is 5. The Hall–Kier alpha value is -1.92. The molecule has 0 heterocycles. The topological polar surface area (TPSA) is 95.9 Å².